The van der Waals surface area contributed by atoms with Crippen molar-refractivity contribution in [2.45, 2.75) is 37.5 Å². The maximum Gasteiger partial charge on any atom is 0.332 e. The molecule has 0 radical (unpaired) electrons. The molecular formula is C21H22FNO5. The smallest absolute Gasteiger partial charge is 0.332 e. The summed E-state index contributed by atoms with van der Waals surface area (Å²) in [5, 5.41) is 12.0. The summed E-state index contributed by atoms with van der Waals surface area (Å²) in [6.07, 6.45) is -0.636. The Morgan fingerprint density at radius 3 is 2.36 bits per heavy atom. The number of amides is 1. The van der Waals surface area contributed by atoms with Gasteiger partial charge in [-0.3, -0.25) is 4.79 Å². The lowest BCUT2D eigenvalue weighted by molar-refractivity contribution is -0.151. The minimum atomic E-state index is -1.06. The zero-order valence-corrected chi connectivity index (χ0v) is 15.4. The number of benzene rings is 2. The third-order valence-electron chi connectivity index (χ3n) is 4.78. The van der Waals surface area contributed by atoms with E-state index in [1.807, 2.05) is 12.1 Å². The van der Waals surface area contributed by atoms with Crippen LogP contribution in [0.4, 0.5) is 4.39 Å². The number of methoxy groups -OCH3 is 1. The van der Waals surface area contributed by atoms with E-state index in [4.69, 9.17) is 14.6 Å². The average Bonchev–Trinajstić information content (AvgIpc) is 3.20. The Kier molecular flexibility index (Phi) is 6.26. The van der Waals surface area contributed by atoms with Gasteiger partial charge in [0.05, 0.1) is 13.2 Å². The molecule has 6 nitrogen and oxygen atoms in total. The first kappa shape index (κ1) is 19.8. The van der Waals surface area contributed by atoms with Crippen molar-refractivity contribution >= 4 is 11.9 Å². The maximum atomic E-state index is 13.2. The number of carbonyl (C=O) groups excluding carboxylic acids is 1. The van der Waals surface area contributed by atoms with Crippen molar-refractivity contribution in [3.63, 3.8) is 0 Å². The van der Waals surface area contributed by atoms with Crippen molar-refractivity contribution in [1.82, 2.24) is 5.32 Å². The quantitative estimate of drug-likeness (QED) is 0.763. The number of carboxylic acids is 1. The Labute approximate surface area is 162 Å². The summed E-state index contributed by atoms with van der Waals surface area (Å²) in [6, 6.07) is 13.0. The van der Waals surface area contributed by atoms with Gasteiger partial charge in [-0.2, -0.15) is 0 Å². The summed E-state index contributed by atoms with van der Waals surface area (Å²) < 4.78 is 23.7. The highest BCUT2D eigenvalue weighted by atomic mass is 19.1. The van der Waals surface area contributed by atoms with Crippen LogP contribution in [0.2, 0.25) is 0 Å². The first-order valence-electron chi connectivity index (χ1n) is 9.03. The molecule has 0 bridgehead atoms. The second-order valence-electron chi connectivity index (χ2n) is 6.69. The lowest BCUT2D eigenvalue weighted by Crippen LogP contribution is -2.38. The third-order valence-corrected chi connectivity index (χ3v) is 4.78. The van der Waals surface area contributed by atoms with Crippen LogP contribution in [0.25, 0.3) is 0 Å². The molecule has 7 heteroatoms. The molecule has 1 unspecified atom stereocenters. The van der Waals surface area contributed by atoms with Crippen LogP contribution in [-0.4, -0.2) is 36.3 Å². The number of ether oxygens (including phenoxy) is 2. The van der Waals surface area contributed by atoms with E-state index in [1.165, 1.54) is 12.1 Å². The third kappa shape index (κ3) is 4.86. The van der Waals surface area contributed by atoms with Gasteiger partial charge < -0.3 is 19.9 Å². The lowest BCUT2D eigenvalue weighted by atomic mass is 9.98. The molecule has 28 heavy (non-hydrogen) atoms. The topological polar surface area (TPSA) is 84.9 Å². The fourth-order valence-corrected chi connectivity index (χ4v) is 3.22. The first-order chi connectivity index (χ1) is 13.5. The van der Waals surface area contributed by atoms with Crippen molar-refractivity contribution < 1.29 is 28.6 Å². The largest absolute Gasteiger partial charge is 0.497 e. The van der Waals surface area contributed by atoms with Crippen LogP contribution in [0.1, 0.15) is 30.0 Å². The van der Waals surface area contributed by atoms with E-state index in [0.717, 1.165) is 11.1 Å². The minimum absolute atomic E-state index is 0.304. The van der Waals surface area contributed by atoms with Gasteiger partial charge in [-0.05, 0) is 54.7 Å². The zero-order valence-electron chi connectivity index (χ0n) is 15.4. The van der Waals surface area contributed by atoms with Crippen LogP contribution in [-0.2, 0) is 20.7 Å². The molecule has 2 N–H and O–H groups in total. The molecule has 1 aliphatic rings. The SMILES string of the molecule is COc1ccc(C(Cc2ccc(F)cc2)NC(=O)[C@@H]2CC[C@H](C(=O)O)O2)cc1. The van der Waals surface area contributed by atoms with Crippen LogP contribution in [0.3, 0.4) is 0 Å². The van der Waals surface area contributed by atoms with Crippen molar-refractivity contribution in [2.75, 3.05) is 7.11 Å². The van der Waals surface area contributed by atoms with E-state index in [-0.39, 0.29) is 17.8 Å². The highest BCUT2D eigenvalue weighted by Gasteiger charge is 2.35. The molecule has 3 atom stereocenters. The van der Waals surface area contributed by atoms with Crippen molar-refractivity contribution in [1.29, 1.82) is 0 Å². The molecule has 3 rings (SSSR count). The second kappa shape index (κ2) is 8.84. The van der Waals surface area contributed by atoms with Crippen molar-refractivity contribution in [3.05, 3.63) is 65.5 Å². The molecule has 1 saturated heterocycles. The molecule has 1 aliphatic heterocycles. The highest BCUT2D eigenvalue weighted by molar-refractivity contribution is 5.83. The lowest BCUT2D eigenvalue weighted by Gasteiger charge is -2.22. The van der Waals surface area contributed by atoms with E-state index in [0.29, 0.717) is 25.0 Å². The molecule has 0 aromatic heterocycles. The summed E-state index contributed by atoms with van der Waals surface area (Å²) in [6.45, 7) is 0. The number of rotatable bonds is 7. The van der Waals surface area contributed by atoms with Crippen LogP contribution in [0, 0.1) is 5.82 Å². The molecule has 0 spiro atoms. The van der Waals surface area contributed by atoms with Crippen LogP contribution >= 0.6 is 0 Å². The average molecular weight is 387 g/mol. The zero-order chi connectivity index (χ0) is 20.1. The van der Waals surface area contributed by atoms with E-state index >= 15 is 0 Å². The van der Waals surface area contributed by atoms with Gasteiger partial charge in [-0.25, -0.2) is 9.18 Å². The molecule has 0 saturated carbocycles. The Bertz CT molecular complexity index is 822. The summed E-state index contributed by atoms with van der Waals surface area (Å²) in [5.74, 6) is -1.05. The fourth-order valence-electron chi connectivity index (χ4n) is 3.22. The summed E-state index contributed by atoms with van der Waals surface area (Å²) >= 11 is 0. The minimum Gasteiger partial charge on any atom is -0.497 e. The standard InChI is InChI=1S/C21H22FNO5/c1-27-16-8-4-14(5-9-16)17(12-13-2-6-15(22)7-3-13)23-20(24)18-10-11-19(28-18)21(25)26/h2-9,17-19H,10-12H2,1H3,(H,23,24)(H,25,26)/t17?,18-,19+/m0/s1. The van der Waals surface area contributed by atoms with E-state index in [9.17, 15) is 14.0 Å². The van der Waals surface area contributed by atoms with Gasteiger partial charge in [0.2, 0.25) is 5.91 Å². The number of nitrogens with one attached hydrogen (secondary N) is 1. The van der Waals surface area contributed by atoms with Crippen LogP contribution in [0.5, 0.6) is 5.75 Å². The monoisotopic (exact) mass is 387 g/mol. The number of hydrogen-bond acceptors (Lipinski definition) is 4. The Balaban J connectivity index is 1.76. The second-order valence-corrected chi connectivity index (χ2v) is 6.69. The van der Waals surface area contributed by atoms with Crippen molar-refractivity contribution in [3.8, 4) is 5.75 Å². The molecular weight excluding hydrogens is 365 g/mol. The summed E-state index contributed by atoms with van der Waals surface area (Å²) in [4.78, 5) is 23.7. The number of carbonyl (C=O) groups is 2. The molecule has 2 aromatic rings. The van der Waals surface area contributed by atoms with E-state index in [2.05, 4.69) is 5.32 Å². The summed E-state index contributed by atoms with van der Waals surface area (Å²) in [7, 11) is 1.57. The Morgan fingerprint density at radius 2 is 1.79 bits per heavy atom. The Morgan fingerprint density at radius 1 is 1.14 bits per heavy atom. The first-order valence-corrected chi connectivity index (χ1v) is 9.03. The van der Waals surface area contributed by atoms with Gasteiger partial charge in [0.25, 0.3) is 0 Å². The number of halogens is 1. The van der Waals surface area contributed by atoms with Gasteiger partial charge in [0, 0.05) is 0 Å². The van der Waals surface area contributed by atoms with Crippen LogP contribution in [0.15, 0.2) is 48.5 Å². The molecule has 2 aromatic carbocycles. The van der Waals surface area contributed by atoms with Gasteiger partial charge in [0.15, 0.2) is 6.10 Å². The molecule has 1 heterocycles. The predicted octanol–water partition coefficient (Wildman–Crippen LogP) is 2.87. The van der Waals surface area contributed by atoms with Gasteiger partial charge in [-0.15, -0.1) is 0 Å². The van der Waals surface area contributed by atoms with Crippen LogP contribution < -0.4 is 10.1 Å². The van der Waals surface area contributed by atoms with Crippen molar-refractivity contribution in [2.24, 2.45) is 0 Å². The fraction of sp³-hybridized carbons (Fsp3) is 0.333. The predicted molar refractivity (Wildman–Crippen MR) is 99.5 cm³/mol. The number of aliphatic carboxylic acids is 1. The molecule has 0 aliphatic carbocycles. The molecule has 1 fully saturated rings. The maximum absolute atomic E-state index is 13.2. The Hall–Kier alpha value is -2.93. The number of carboxylic acid groups (broad SMARTS) is 1. The van der Waals surface area contributed by atoms with Gasteiger partial charge in [0.1, 0.15) is 17.7 Å². The van der Waals surface area contributed by atoms with E-state index in [1.54, 1.807) is 31.4 Å². The van der Waals surface area contributed by atoms with E-state index < -0.39 is 18.2 Å². The molecule has 148 valence electrons. The summed E-state index contributed by atoms with van der Waals surface area (Å²) in [5.41, 5.74) is 1.71. The van der Waals surface area contributed by atoms with Gasteiger partial charge in [-0.1, -0.05) is 24.3 Å². The highest BCUT2D eigenvalue weighted by Crippen LogP contribution is 2.24. The van der Waals surface area contributed by atoms with Gasteiger partial charge >= 0.3 is 5.97 Å². The molecule has 1 amide bonds. The number of hydrogen-bond donors (Lipinski definition) is 2. The normalized spacial score (nSPS) is 19.8.